The number of piperidine rings is 1. The molecule has 1 aliphatic rings. The van der Waals surface area contributed by atoms with E-state index in [1.165, 1.54) is 5.56 Å². The van der Waals surface area contributed by atoms with Crippen molar-refractivity contribution < 1.29 is 19.0 Å². The second-order valence-electron chi connectivity index (χ2n) is 9.38. The van der Waals surface area contributed by atoms with Crippen LogP contribution < -0.4 is 14.2 Å². The zero-order valence-electron chi connectivity index (χ0n) is 21.5. The van der Waals surface area contributed by atoms with Crippen LogP contribution in [0.3, 0.4) is 0 Å². The number of ether oxygens (including phenoxy) is 3. The zero-order valence-corrected chi connectivity index (χ0v) is 21.5. The summed E-state index contributed by atoms with van der Waals surface area (Å²) in [5.74, 6) is 2.58. The lowest BCUT2D eigenvalue weighted by atomic mass is 10.1. The predicted molar refractivity (Wildman–Crippen MR) is 145 cm³/mol. The molecule has 0 unspecified atom stereocenters. The molecular formula is C31H31N3O4. The monoisotopic (exact) mass is 509 g/mol. The van der Waals surface area contributed by atoms with E-state index in [0.717, 1.165) is 42.7 Å². The first-order chi connectivity index (χ1) is 18.6. The number of pyridine rings is 2. The van der Waals surface area contributed by atoms with Crippen LogP contribution in [0.25, 0.3) is 0 Å². The van der Waals surface area contributed by atoms with Crippen LogP contribution in [-0.4, -0.2) is 40.2 Å². The highest BCUT2D eigenvalue weighted by atomic mass is 16.6. The summed E-state index contributed by atoms with van der Waals surface area (Å²) in [4.78, 5) is 23.0. The molecule has 0 aliphatic carbocycles. The molecule has 0 saturated carbocycles. The van der Waals surface area contributed by atoms with E-state index in [4.69, 9.17) is 14.2 Å². The molecule has 0 radical (unpaired) electrons. The van der Waals surface area contributed by atoms with Gasteiger partial charge >= 0.3 is 6.09 Å². The number of rotatable bonds is 8. The molecule has 0 spiro atoms. The summed E-state index contributed by atoms with van der Waals surface area (Å²) in [6.07, 6.45) is 6.56. The molecule has 1 saturated heterocycles. The number of amides is 1. The van der Waals surface area contributed by atoms with Crippen LogP contribution in [0.15, 0.2) is 91.3 Å². The first-order valence-corrected chi connectivity index (χ1v) is 12.9. The first kappa shape index (κ1) is 25.3. The number of hydrogen-bond acceptors (Lipinski definition) is 6. The molecular weight excluding hydrogens is 478 g/mol. The third kappa shape index (κ3) is 7.09. The summed E-state index contributed by atoms with van der Waals surface area (Å²) in [6, 6.07) is 24.9. The highest BCUT2D eigenvalue weighted by molar-refractivity contribution is 5.70. The average Bonchev–Trinajstić information content (AvgIpc) is 2.95. The maximum absolute atomic E-state index is 12.7. The summed E-state index contributed by atoms with van der Waals surface area (Å²) >= 11 is 0. The van der Waals surface area contributed by atoms with Gasteiger partial charge in [-0.1, -0.05) is 24.3 Å². The van der Waals surface area contributed by atoms with Crippen molar-refractivity contribution in [2.75, 3.05) is 13.1 Å². The maximum atomic E-state index is 12.7. The van der Waals surface area contributed by atoms with Gasteiger partial charge in [-0.15, -0.1) is 0 Å². The van der Waals surface area contributed by atoms with Crippen LogP contribution in [0.2, 0.25) is 0 Å². The fourth-order valence-corrected chi connectivity index (χ4v) is 4.27. The number of benzene rings is 2. The standard InChI is InChI=1S/C31H31N3O4/c1-23-5-9-25(33-22-23)10-6-24-7-11-28(12-8-24)38-31(35)34-20-17-29(18-21-34)36-26-13-15-27(16-14-26)37-30-4-2-3-19-32-30/h2-5,7-9,11-16,19,22,29H,6,10,17-18,20-21H2,1H3. The highest BCUT2D eigenvalue weighted by Gasteiger charge is 2.25. The lowest BCUT2D eigenvalue weighted by Gasteiger charge is -2.31. The van der Waals surface area contributed by atoms with Crippen molar-refractivity contribution >= 4 is 6.09 Å². The number of carbonyl (C=O) groups is 1. The Hall–Kier alpha value is -4.39. The molecule has 3 heterocycles. The van der Waals surface area contributed by atoms with E-state index in [2.05, 4.69) is 22.1 Å². The van der Waals surface area contributed by atoms with Gasteiger partial charge in [-0.05, 0) is 79.4 Å². The van der Waals surface area contributed by atoms with Gasteiger partial charge in [0.1, 0.15) is 23.4 Å². The van der Waals surface area contributed by atoms with Gasteiger partial charge in [0.05, 0.1) is 0 Å². The van der Waals surface area contributed by atoms with Crippen LogP contribution in [0.5, 0.6) is 23.1 Å². The Labute approximate surface area is 223 Å². The molecule has 2 aromatic heterocycles. The first-order valence-electron chi connectivity index (χ1n) is 12.9. The smallest absolute Gasteiger partial charge is 0.415 e. The third-order valence-corrected chi connectivity index (χ3v) is 6.46. The van der Waals surface area contributed by atoms with Gasteiger partial charge in [0.15, 0.2) is 0 Å². The second-order valence-corrected chi connectivity index (χ2v) is 9.38. The van der Waals surface area contributed by atoms with E-state index in [1.54, 1.807) is 11.1 Å². The number of likely N-dealkylation sites (tertiary alicyclic amines) is 1. The highest BCUT2D eigenvalue weighted by Crippen LogP contribution is 2.25. The molecule has 1 fully saturated rings. The van der Waals surface area contributed by atoms with Crippen molar-refractivity contribution in [3.63, 3.8) is 0 Å². The van der Waals surface area contributed by atoms with Crippen LogP contribution in [0, 0.1) is 6.92 Å². The van der Waals surface area contributed by atoms with E-state index in [1.807, 2.05) is 79.9 Å². The minimum Gasteiger partial charge on any atom is -0.490 e. The van der Waals surface area contributed by atoms with E-state index < -0.39 is 0 Å². The van der Waals surface area contributed by atoms with Gasteiger partial charge in [0, 0.05) is 50.1 Å². The van der Waals surface area contributed by atoms with Crippen LogP contribution in [0.1, 0.15) is 29.7 Å². The Morgan fingerprint density at radius 2 is 1.58 bits per heavy atom. The summed E-state index contributed by atoms with van der Waals surface area (Å²) in [5, 5.41) is 0. The number of nitrogens with zero attached hydrogens (tertiary/aromatic N) is 3. The van der Waals surface area contributed by atoms with Crippen molar-refractivity contribution in [3.05, 3.63) is 108 Å². The van der Waals surface area contributed by atoms with Gasteiger partial charge in [-0.2, -0.15) is 0 Å². The van der Waals surface area contributed by atoms with E-state index in [-0.39, 0.29) is 12.2 Å². The number of carbonyl (C=O) groups excluding carboxylic acids is 1. The minimum atomic E-state index is -0.323. The summed E-state index contributed by atoms with van der Waals surface area (Å²) in [5.41, 5.74) is 3.42. The molecule has 1 aliphatic heterocycles. The topological polar surface area (TPSA) is 73.8 Å². The average molecular weight is 510 g/mol. The van der Waals surface area contributed by atoms with E-state index in [9.17, 15) is 4.79 Å². The SMILES string of the molecule is Cc1ccc(CCc2ccc(OC(=O)N3CCC(Oc4ccc(Oc5ccccn5)cc4)CC3)cc2)nc1. The van der Waals surface area contributed by atoms with Gasteiger partial charge in [-0.25, -0.2) is 9.78 Å². The Kier molecular flexibility index (Phi) is 8.13. The Bertz CT molecular complexity index is 1300. The normalized spacial score (nSPS) is 13.7. The number of hydrogen-bond donors (Lipinski definition) is 0. The van der Waals surface area contributed by atoms with Crippen molar-refractivity contribution in [1.29, 1.82) is 0 Å². The molecule has 0 atom stereocenters. The summed E-state index contributed by atoms with van der Waals surface area (Å²) in [6.45, 7) is 3.21. The molecule has 0 bridgehead atoms. The van der Waals surface area contributed by atoms with Crippen LogP contribution in [-0.2, 0) is 12.8 Å². The molecule has 7 nitrogen and oxygen atoms in total. The van der Waals surface area contributed by atoms with Gasteiger partial charge in [0.2, 0.25) is 5.88 Å². The molecule has 1 amide bonds. The Morgan fingerprint density at radius 1 is 0.842 bits per heavy atom. The van der Waals surface area contributed by atoms with Gasteiger partial charge in [-0.3, -0.25) is 4.98 Å². The predicted octanol–water partition coefficient (Wildman–Crippen LogP) is 6.40. The van der Waals surface area contributed by atoms with Gasteiger partial charge in [0.25, 0.3) is 0 Å². The molecule has 194 valence electrons. The molecule has 7 heteroatoms. The molecule has 4 aromatic rings. The molecule has 5 rings (SSSR count). The second kappa shape index (κ2) is 12.2. The Morgan fingerprint density at radius 3 is 2.26 bits per heavy atom. The third-order valence-electron chi connectivity index (χ3n) is 6.46. The fraction of sp³-hybridized carbons (Fsp3) is 0.258. The fourth-order valence-electron chi connectivity index (χ4n) is 4.27. The van der Waals surface area contributed by atoms with Crippen molar-refractivity contribution in [2.45, 2.75) is 38.7 Å². The molecule has 2 aromatic carbocycles. The summed E-state index contributed by atoms with van der Waals surface area (Å²) in [7, 11) is 0. The zero-order chi connectivity index (χ0) is 26.2. The lowest BCUT2D eigenvalue weighted by molar-refractivity contribution is 0.0930. The maximum Gasteiger partial charge on any atom is 0.415 e. The van der Waals surface area contributed by atoms with Gasteiger partial charge < -0.3 is 19.1 Å². The van der Waals surface area contributed by atoms with Crippen molar-refractivity contribution in [1.82, 2.24) is 14.9 Å². The lowest BCUT2D eigenvalue weighted by Crippen LogP contribution is -2.43. The minimum absolute atomic E-state index is 0.0453. The van der Waals surface area contributed by atoms with Crippen molar-refractivity contribution in [3.8, 4) is 23.1 Å². The van der Waals surface area contributed by atoms with Crippen LogP contribution in [0.4, 0.5) is 4.79 Å². The van der Waals surface area contributed by atoms with Crippen molar-refractivity contribution in [2.24, 2.45) is 0 Å². The number of aryl methyl sites for hydroxylation is 3. The van der Waals surface area contributed by atoms with E-state index >= 15 is 0 Å². The number of aromatic nitrogens is 2. The quantitative estimate of drug-likeness (QED) is 0.273. The summed E-state index contributed by atoms with van der Waals surface area (Å²) < 4.78 is 17.5. The van der Waals surface area contributed by atoms with E-state index in [0.29, 0.717) is 30.5 Å². The molecule has 0 N–H and O–H groups in total. The largest absolute Gasteiger partial charge is 0.490 e. The van der Waals surface area contributed by atoms with Crippen LogP contribution >= 0.6 is 0 Å². The Balaban J connectivity index is 1.04. The molecule has 38 heavy (non-hydrogen) atoms.